The smallest absolute Gasteiger partial charge is 0.329 e. The average Bonchev–Trinajstić information content (AvgIpc) is 3.09. The molecule has 1 heterocycles. The van der Waals surface area contributed by atoms with E-state index in [1.165, 1.54) is 4.90 Å². The molecule has 0 saturated carbocycles. The number of halogens is 1. The minimum absolute atomic E-state index is 0.206. The maximum Gasteiger partial charge on any atom is 0.329 e. The zero-order valence-electron chi connectivity index (χ0n) is 18.1. The molecule has 33 heavy (non-hydrogen) atoms. The second kappa shape index (κ2) is 10.4. The molecule has 3 aromatic rings. The molecule has 0 aromatic heterocycles. The number of carbonyl (C=O) groups is 2. The van der Waals surface area contributed by atoms with Crippen molar-refractivity contribution in [1.82, 2.24) is 10.2 Å². The number of urea groups is 1. The van der Waals surface area contributed by atoms with Crippen molar-refractivity contribution in [3.8, 4) is 11.5 Å². The molecule has 7 heteroatoms. The number of carbonyl (C=O) groups excluding carboxylic acids is 2. The van der Waals surface area contributed by atoms with Gasteiger partial charge < -0.3 is 14.8 Å². The Balaban J connectivity index is 1.56. The van der Waals surface area contributed by atoms with E-state index in [9.17, 15) is 9.59 Å². The third kappa shape index (κ3) is 5.43. The van der Waals surface area contributed by atoms with Gasteiger partial charge in [-0.1, -0.05) is 76.6 Å². The minimum Gasteiger partial charge on any atom is -0.490 e. The van der Waals surface area contributed by atoms with Crippen LogP contribution in [0.5, 0.6) is 11.5 Å². The van der Waals surface area contributed by atoms with E-state index in [4.69, 9.17) is 9.47 Å². The maximum absolute atomic E-state index is 12.9. The summed E-state index contributed by atoms with van der Waals surface area (Å²) < 4.78 is 12.5. The van der Waals surface area contributed by atoms with E-state index in [0.29, 0.717) is 34.7 Å². The standard InChI is InChI=1S/C26H23BrN2O4/c1-2-32-23-14-20(21(27)15-24(23)33-17-19-11-7-4-8-12-19)13-22-25(30)29(26(31)28-22)16-18-9-5-3-6-10-18/h3-15H,2,16-17H2,1H3,(H,28,31)/b22-13+. The second-order valence-corrected chi connectivity index (χ2v) is 8.25. The van der Waals surface area contributed by atoms with Crippen LogP contribution in [-0.4, -0.2) is 23.4 Å². The van der Waals surface area contributed by atoms with Crippen molar-refractivity contribution in [2.45, 2.75) is 20.1 Å². The number of rotatable bonds is 8. The molecule has 168 valence electrons. The quantitative estimate of drug-likeness (QED) is 0.322. The van der Waals surface area contributed by atoms with E-state index in [0.717, 1.165) is 11.1 Å². The van der Waals surface area contributed by atoms with Crippen LogP contribution in [0.15, 0.2) is 83.0 Å². The Morgan fingerprint density at radius 1 is 0.909 bits per heavy atom. The van der Waals surface area contributed by atoms with E-state index in [1.54, 1.807) is 12.1 Å². The number of hydrogen-bond donors (Lipinski definition) is 1. The van der Waals surface area contributed by atoms with Gasteiger partial charge in [-0.2, -0.15) is 0 Å². The van der Waals surface area contributed by atoms with E-state index in [1.807, 2.05) is 73.7 Å². The zero-order chi connectivity index (χ0) is 23.2. The first kappa shape index (κ1) is 22.6. The van der Waals surface area contributed by atoms with Crippen molar-refractivity contribution in [1.29, 1.82) is 0 Å². The summed E-state index contributed by atoms with van der Waals surface area (Å²) in [6.45, 7) is 2.96. The van der Waals surface area contributed by atoms with E-state index < -0.39 is 6.03 Å². The number of imide groups is 1. The van der Waals surface area contributed by atoms with Crippen LogP contribution < -0.4 is 14.8 Å². The third-order valence-electron chi connectivity index (χ3n) is 5.05. The van der Waals surface area contributed by atoms with Gasteiger partial charge in [0.25, 0.3) is 5.91 Å². The van der Waals surface area contributed by atoms with Crippen molar-refractivity contribution in [2.75, 3.05) is 6.61 Å². The molecule has 0 bridgehead atoms. The first-order chi connectivity index (χ1) is 16.0. The third-order valence-corrected chi connectivity index (χ3v) is 5.73. The van der Waals surface area contributed by atoms with Crippen molar-refractivity contribution in [3.05, 3.63) is 99.7 Å². The molecule has 1 aliphatic heterocycles. The molecule has 0 aliphatic carbocycles. The summed E-state index contributed by atoms with van der Waals surface area (Å²) >= 11 is 3.55. The summed E-state index contributed by atoms with van der Waals surface area (Å²) in [4.78, 5) is 26.5. The Labute approximate surface area is 200 Å². The zero-order valence-corrected chi connectivity index (χ0v) is 19.7. The summed E-state index contributed by atoms with van der Waals surface area (Å²) in [5.41, 5.74) is 2.81. The molecule has 4 rings (SSSR count). The molecule has 3 aromatic carbocycles. The molecule has 1 N–H and O–H groups in total. The largest absolute Gasteiger partial charge is 0.490 e. The number of ether oxygens (including phenoxy) is 2. The molecule has 1 aliphatic rings. The highest BCUT2D eigenvalue weighted by molar-refractivity contribution is 9.10. The van der Waals surface area contributed by atoms with Crippen LogP contribution in [0.3, 0.4) is 0 Å². The van der Waals surface area contributed by atoms with Gasteiger partial charge in [-0.3, -0.25) is 9.69 Å². The number of nitrogens with one attached hydrogen (secondary N) is 1. The van der Waals surface area contributed by atoms with Gasteiger partial charge in [0.1, 0.15) is 12.3 Å². The highest BCUT2D eigenvalue weighted by atomic mass is 79.9. The summed E-state index contributed by atoms with van der Waals surface area (Å²) in [6.07, 6.45) is 1.64. The number of benzene rings is 3. The molecule has 3 amide bonds. The van der Waals surface area contributed by atoms with Crippen molar-refractivity contribution >= 4 is 33.9 Å². The molecule has 6 nitrogen and oxygen atoms in total. The first-order valence-electron chi connectivity index (χ1n) is 10.6. The summed E-state index contributed by atoms with van der Waals surface area (Å²) in [6, 6.07) is 22.4. The summed E-state index contributed by atoms with van der Waals surface area (Å²) in [5, 5.41) is 2.67. The molecular weight excluding hydrogens is 484 g/mol. The summed E-state index contributed by atoms with van der Waals surface area (Å²) in [5.74, 6) is 0.765. The molecule has 1 fully saturated rings. The van der Waals surface area contributed by atoms with Crippen LogP contribution in [0.25, 0.3) is 6.08 Å². The van der Waals surface area contributed by atoms with Gasteiger partial charge in [0.15, 0.2) is 11.5 Å². The fourth-order valence-electron chi connectivity index (χ4n) is 3.41. The monoisotopic (exact) mass is 506 g/mol. The van der Waals surface area contributed by atoms with Crippen LogP contribution >= 0.6 is 15.9 Å². The van der Waals surface area contributed by atoms with Crippen LogP contribution in [-0.2, 0) is 17.9 Å². The molecular formula is C26H23BrN2O4. The van der Waals surface area contributed by atoms with Crippen LogP contribution in [0.2, 0.25) is 0 Å². The van der Waals surface area contributed by atoms with Gasteiger partial charge in [-0.15, -0.1) is 0 Å². The Bertz CT molecular complexity index is 1180. The lowest BCUT2D eigenvalue weighted by Crippen LogP contribution is -2.30. The van der Waals surface area contributed by atoms with Gasteiger partial charge in [0.2, 0.25) is 0 Å². The molecule has 0 unspecified atom stereocenters. The minimum atomic E-state index is -0.445. The first-order valence-corrected chi connectivity index (χ1v) is 11.4. The van der Waals surface area contributed by atoms with Crippen LogP contribution in [0, 0.1) is 0 Å². The van der Waals surface area contributed by atoms with Gasteiger partial charge in [0.05, 0.1) is 13.2 Å². The normalized spacial score (nSPS) is 14.5. The lowest BCUT2D eigenvalue weighted by molar-refractivity contribution is -0.123. The number of nitrogens with zero attached hydrogens (tertiary/aromatic N) is 1. The predicted molar refractivity (Wildman–Crippen MR) is 130 cm³/mol. The van der Waals surface area contributed by atoms with E-state index >= 15 is 0 Å². The lowest BCUT2D eigenvalue weighted by atomic mass is 10.1. The maximum atomic E-state index is 12.9. The Morgan fingerprint density at radius 3 is 2.21 bits per heavy atom. The predicted octanol–water partition coefficient (Wildman–Crippen LogP) is 5.52. The Morgan fingerprint density at radius 2 is 1.55 bits per heavy atom. The number of hydrogen-bond acceptors (Lipinski definition) is 4. The van der Waals surface area contributed by atoms with E-state index in [2.05, 4.69) is 21.2 Å². The fraction of sp³-hybridized carbons (Fsp3) is 0.154. The SMILES string of the molecule is CCOc1cc(/C=C2/NC(=O)N(Cc3ccccc3)C2=O)c(Br)cc1OCc1ccccc1. The van der Waals surface area contributed by atoms with Crippen LogP contribution in [0.1, 0.15) is 23.6 Å². The molecule has 0 spiro atoms. The van der Waals surface area contributed by atoms with Crippen molar-refractivity contribution in [3.63, 3.8) is 0 Å². The van der Waals surface area contributed by atoms with Gasteiger partial charge >= 0.3 is 6.03 Å². The Kier molecular flexibility index (Phi) is 7.10. The van der Waals surface area contributed by atoms with Gasteiger partial charge in [0, 0.05) is 4.47 Å². The molecule has 1 saturated heterocycles. The van der Waals surface area contributed by atoms with Gasteiger partial charge in [-0.05, 0) is 41.8 Å². The summed E-state index contributed by atoms with van der Waals surface area (Å²) in [7, 11) is 0. The van der Waals surface area contributed by atoms with Crippen LogP contribution in [0.4, 0.5) is 4.79 Å². The molecule has 0 atom stereocenters. The number of amides is 3. The highest BCUT2D eigenvalue weighted by Crippen LogP contribution is 2.35. The van der Waals surface area contributed by atoms with Crippen molar-refractivity contribution < 1.29 is 19.1 Å². The highest BCUT2D eigenvalue weighted by Gasteiger charge is 2.33. The lowest BCUT2D eigenvalue weighted by Gasteiger charge is -2.14. The van der Waals surface area contributed by atoms with Crippen molar-refractivity contribution in [2.24, 2.45) is 0 Å². The Hall–Kier alpha value is -3.58. The average molecular weight is 507 g/mol. The van der Waals surface area contributed by atoms with Gasteiger partial charge in [-0.25, -0.2) is 4.79 Å². The molecule has 0 radical (unpaired) electrons. The second-order valence-electron chi connectivity index (χ2n) is 7.39. The topological polar surface area (TPSA) is 67.9 Å². The fourth-order valence-corrected chi connectivity index (χ4v) is 3.85. The van der Waals surface area contributed by atoms with E-state index in [-0.39, 0.29) is 18.1 Å².